The fourth-order valence-corrected chi connectivity index (χ4v) is 4.46. The first kappa shape index (κ1) is 23.5. The Morgan fingerprint density at radius 1 is 0.861 bits per heavy atom. The summed E-state index contributed by atoms with van der Waals surface area (Å²) in [6, 6.07) is 24.8. The van der Waals surface area contributed by atoms with Crippen LogP contribution in [0.5, 0.6) is 0 Å². The molecule has 0 unspecified atom stereocenters. The van der Waals surface area contributed by atoms with Crippen LogP contribution in [0, 0.1) is 0 Å². The van der Waals surface area contributed by atoms with E-state index in [1.165, 1.54) is 11.1 Å². The first-order valence-corrected chi connectivity index (χ1v) is 12.0. The topological polar surface area (TPSA) is 74.3 Å². The number of likely N-dealkylation sites (N-methyl/N-ethyl adjacent to an activating group) is 1. The summed E-state index contributed by atoms with van der Waals surface area (Å²) in [5.41, 5.74) is 7.26. The van der Waals surface area contributed by atoms with Gasteiger partial charge in [0.05, 0.1) is 0 Å². The molecular weight excluding hydrogens is 448 g/mol. The maximum absolute atomic E-state index is 12.9. The van der Waals surface area contributed by atoms with Crippen molar-refractivity contribution >= 4 is 17.5 Å². The van der Waals surface area contributed by atoms with Gasteiger partial charge in [0.2, 0.25) is 0 Å². The predicted molar refractivity (Wildman–Crippen MR) is 142 cm³/mol. The molecule has 2 heterocycles. The van der Waals surface area contributed by atoms with Crippen LogP contribution in [0.3, 0.4) is 0 Å². The van der Waals surface area contributed by atoms with Gasteiger partial charge >= 0.3 is 0 Å². The van der Waals surface area contributed by atoms with Crippen LogP contribution in [0.25, 0.3) is 11.1 Å². The standard InChI is InChI=1S/C30H28N4O2/c1-34-14-12-22-10-11-28(17-27(22)20-34)33-30(36)24-7-2-5-21(15-24)18-32-29(35)25-8-3-6-23(16-25)26-9-4-13-31-19-26/h2-11,13,15-17,19H,12,14,18,20H2,1H3,(H,32,35)(H,33,36). The lowest BCUT2D eigenvalue weighted by Gasteiger charge is -2.25. The number of nitrogens with zero attached hydrogens (tertiary/aromatic N) is 2. The fraction of sp³-hybridized carbons (Fsp3) is 0.167. The SMILES string of the molecule is CN1CCc2ccc(NC(=O)c3cccc(CNC(=O)c4cccc(-c5cccnc5)c4)c3)cc2C1. The van der Waals surface area contributed by atoms with E-state index in [0.29, 0.717) is 17.7 Å². The van der Waals surface area contributed by atoms with Gasteiger partial charge in [-0.15, -0.1) is 0 Å². The largest absolute Gasteiger partial charge is 0.348 e. The van der Waals surface area contributed by atoms with Gasteiger partial charge in [0.1, 0.15) is 0 Å². The summed E-state index contributed by atoms with van der Waals surface area (Å²) < 4.78 is 0. The second kappa shape index (κ2) is 10.5. The molecule has 6 nitrogen and oxygen atoms in total. The zero-order valence-electron chi connectivity index (χ0n) is 20.2. The highest BCUT2D eigenvalue weighted by Crippen LogP contribution is 2.23. The Morgan fingerprint density at radius 3 is 2.50 bits per heavy atom. The molecule has 0 saturated heterocycles. The van der Waals surface area contributed by atoms with E-state index in [-0.39, 0.29) is 11.8 Å². The molecule has 1 aliphatic heterocycles. The number of hydrogen-bond donors (Lipinski definition) is 2. The Morgan fingerprint density at radius 2 is 1.67 bits per heavy atom. The van der Waals surface area contributed by atoms with Crippen molar-refractivity contribution in [2.45, 2.75) is 19.5 Å². The first-order chi connectivity index (χ1) is 17.5. The molecule has 0 saturated carbocycles. The lowest BCUT2D eigenvalue weighted by Crippen LogP contribution is -2.26. The van der Waals surface area contributed by atoms with Gasteiger partial charge in [-0.25, -0.2) is 0 Å². The summed E-state index contributed by atoms with van der Waals surface area (Å²) in [4.78, 5) is 32.1. The van der Waals surface area contributed by atoms with Crippen molar-refractivity contribution in [2.24, 2.45) is 0 Å². The number of hydrogen-bond acceptors (Lipinski definition) is 4. The van der Waals surface area contributed by atoms with Crippen molar-refractivity contribution in [3.63, 3.8) is 0 Å². The molecule has 36 heavy (non-hydrogen) atoms. The van der Waals surface area contributed by atoms with Crippen LogP contribution in [0.15, 0.2) is 91.3 Å². The number of carbonyl (C=O) groups excluding carboxylic acids is 2. The van der Waals surface area contributed by atoms with E-state index in [4.69, 9.17) is 0 Å². The normalized spacial score (nSPS) is 13.0. The Hall–Kier alpha value is -4.29. The van der Waals surface area contributed by atoms with Crippen LogP contribution in [-0.2, 0) is 19.5 Å². The summed E-state index contributed by atoms with van der Waals surface area (Å²) in [6.45, 7) is 2.26. The number of nitrogens with one attached hydrogen (secondary N) is 2. The third-order valence-electron chi connectivity index (χ3n) is 6.43. The van der Waals surface area contributed by atoms with Gasteiger partial charge in [-0.1, -0.05) is 36.4 Å². The van der Waals surface area contributed by atoms with E-state index in [2.05, 4.69) is 39.7 Å². The van der Waals surface area contributed by atoms with E-state index in [0.717, 1.165) is 41.9 Å². The molecule has 180 valence electrons. The first-order valence-electron chi connectivity index (χ1n) is 12.0. The quantitative estimate of drug-likeness (QED) is 0.414. The third kappa shape index (κ3) is 5.50. The molecule has 4 aromatic rings. The molecule has 2 N–H and O–H groups in total. The summed E-state index contributed by atoms with van der Waals surface area (Å²) in [7, 11) is 2.11. The second-order valence-corrected chi connectivity index (χ2v) is 9.13. The number of benzene rings is 3. The van der Waals surface area contributed by atoms with E-state index < -0.39 is 0 Å². The van der Waals surface area contributed by atoms with Crippen molar-refractivity contribution < 1.29 is 9.59 Å². The van der Waals surface area contributed by atoms with Crippen molar-refractivity contribution in [1.82, 2.24) is 15.2 Å². The van der Waals surface area contributed by atoms with E-state index >= 15 is 0 Å². The Bertz CT molecular complexity index is 1400. The number of aromatic nitrogens is 1. The van der Waals surface area contributed by atoms with Gasteiger partial charge in [0.25, 0.3) is 11.8 Å². The van der Waals surface area contributed by atoms with Crippen LogP contribution < -0.4 is 10.6 Å². The summed E-state index contributed by atoms with van der Waals surface area (Å²) in [5, 5.41) is 5.97. The zero-order chi connectivity index (χ0) is 24.9. The molecule has 0 bridgehead atoms. The number of pyridine rings is 1. The molecule has 0 radical (unpaired) electrons. The number of amides is 2. The van der Waals surface area contributed by atoms with Gasteiger partial charge < -0.3 is 15.5 Å². The minimum Gasteiger partial charge on any atom is -0.348 e. The van der Waals surface area contributed by atoms with Crippen LogP contribution in [0.1, 0.15) is 37.4 Å². The summed E-state index contributed by atoms with van der Waals surface area (Å²) in [6.07, 6.45) is 4.53. The van der Waals surface area contributed by atoms with Crippen LogP contribution >= 0.6 is 0 Å². The second-order valence-electron chi connectivity index (χ2n) is 9.13. The van der Waals surface area contributed by atoms with Gasteiger partial charge in [0, 0.05) is 54.4 Å². The molecule has 1 aromatic heterocycles. The minimum atomic E-state index is -0.172. The molecule has 3 aromatic carbocycles. The van der Waals surface area contributed by atoms with Gasteiger partial charge in [0.15, 0.2) is 0 Å². The van der Waals surface area contributed by atoms with Gasteiger partial charge in [-0.2, -0.15) is 0 Å². The molecule has 0 atom stereocenters. The Kier molecular flexibility index (Phi) is 6.87. The highest BCUT2D eigenvalue weighted by atomic mass is 16.2. The molecule has 0 aliphatic carbocycles. The fourth-order valence-electron chi connectivity index (χ4n) is 4.46. The van der Waals surface area contributed by atoms with E-state index in [1.807, 2.05) is 54.6 Å². The number of fused-ring (bicyclic) bond motifs is 1. The maximum atomic E-state index is 12.9. The average Bonchev–Trinajstić information content (AvgIpc) is 2.92. The van der Waals surface area contributed by atoms with Gasteiger partial charge in [-0.3, -0.25) is 14.6 Å². The molecule has 6 heteroatoms. The van der Waals surface area contributed by atoms with Crippen LogP contribution in [0.2, 0.25) is 0 Å². The monoisotopic (exact) mass is 476 g/mol. The zero-order valence-corrected chi connectivity index (χ0v) is 20.2. The van der Waals surface area contributed by atoms with E-state index in [1.54, 1.807) is 24.5 Å². The minimum absolute atomic E-state index is 0.170. The molecule has 0 spiro atoms. The Labute approximate surface area is 211 Å². The van der Waals surface area contributed by atoms with Crippen molar-refractivity contribution in [2.75, 3.05) is 18.9 Å². The lowest BCUT2D eigenvalue weighted by atomic mass is 9.99. The Balaban J connectivity index is 1.22. The van der Waals surface area contributed by atoms with Crippen LogP contribution in [-0.4, -0.2) is 35.3 Å². The lowest BCUT2D eigenvalue weighted by molar-refractivity contribution is 0.0950. The van der Waals surface area contributed by atoms with Gasteiger partial charge in [-0.05, 0) is 78.2 Å². The molecule has 1 aliphatic rings. The predicted octanol–water partition coefficient (Wildman–Crippen LogP) is 4.92. The number of rotatable bonds is 6. The smallest absolute Gasteiger partial charge is 0.255 e. The molecule has 0 fully saturated rings. The summed E-state index contributed by atoms with van der Waals surface area (Å²) >= 11 is 0. The maximum Gasteiger partial charge on any atom is 0.255 e. The van der Waals surface area contributed by atoms with Crippen molar-refractivity contribution in [3.05, 3.63) is 119 Å². The molecular formula is C30H28N4O2. The third-order valence-corrected chi connectivity index (χ3v) is 6.43. The van der Waals surface area contributed by atoms with Crippen molar-refractivity contribution in [3.8, 4) is 11.1 Å². The number of anilines is 1. The van der Waals surface area contributed by atoms with E-state index in [9.17, 15) is 9.59 Å². The molecule has 5 rings (SSSR count). The molecule has 2 amide bonds. The summed E-state index contributed by atoms with van der Waals surface area (Å²) in [5.74, 6) is -0.342. The number of carbonyl (C=O) groups is 2. The van der Waals surface area contributed by atoms with Crippen LogP contribution in [0.4, 0.5) is 5.69 Å². The highest BCUT2D eigenvalue weighted by Gasteiger charge is 2.15. The average molecular weight is 477 g/mol. The highest BCUT2D eigenvalue weighted by molar-refractivity contribution is 6.04. The van der Waals surface area contributed by atoms with Crippen molar-refractivity contribution in [1.29, 1.82) is 0 Å².